The van der Waals surface area contributed by atoms with Gasteiger partial charge in [0.1, 0.15) is 0 Å². The highest BCUT2D eigenvalue weighted by Crippen LogP contribution is 2.28. The highest BCUT2D eigenvalue weighted by Gasteiger charge is 2.23. The highest BCUT2D eigenvalue weighted by molar-refractivity contribution is 6.30. The number of benzene rings is 1. The van der Waals surface area contributed by atoms with Crippen molar-refractivity contribution in [2.24, 2.45) is 10.9 Å². The minimum absolute atomic E-state index is 0.393. The predicted octanol–water partition coefficient (Wildman–Crippen LogP) is 2.90. The second-order valence-corrected chi connectivity index (χ2v) is 7.27. The lowest BCUT2D eigenvalue weighted by Gasteiger charge is -2.20. The van der Waals surface area contributed by atoms with E-state index < -0.39 is 0 Å². The lowest BCUT2D eigenvalue weighted by molar-refractivity contribution is 0.131. The highest BCUT2D eigenvalue weighted by atomic mass is 35.5. The van der Waals surface area contributed by atoms with Gasteiger partial charge in [0.2, 0.25) is 0 Å². The lowest BCUT2D eigenvalue weighted by atomic mass is 10.3. The first-order valence-corrected chi connectivity index (χ1v) is 9.75. The van der Waals surface area contributed by atoms with E-state index in [1.807, 2.05) is 18.2 Å². The third-order valence-corrected chi connectivity index (χ3v) is 4.84. The van der Waals surface area contributed by atoms with Crippen molar-refractivity contribution in [1.82, 2.24) is 10.6 Å². The van der Waals surface area contributed by atoms with Crippen LogP contribution in [0.2, 0.25) is 5.02 Å². The van der Waals surface area contributed by atoms with Gasteiger partial charge in [-0.25, -0.2) is 0 Å². The number of hydrogen-bond donors (Lipinski definition) is 2. The summed E-state index contributed by atoms with van der Waals surface area (Å²) in [5.41, 5.74) is 1.19. The summed E-state index contributed by atoms with van der Waals surface area (Å²) < 4.78 is 5.66. The molecular weight excluding hydrogens is 336 g/mol. The molecule has 0 radical (unpaired) electrons. The molecule has 1 heterocycles. The van der Waals surface area contributed by atoms with E-state index in [-0.39, 0.29) is 0 Å². The van der Waals surface area contributed by atoms with E-state index in [4.69, 9.17) is 16.3 Å². The first-order valence-electron chi connectivity index (χ1n) is 9.37. The molecule has 2 fully saturated rings. The van der Waals surface area contributed by atoms with Crippen LogP contribution in [0.15, 0.2) is 29.3 Å². The molecule has 0 spiro atoms. The third kappa shape index (κ3) is 6.08. The molecular formula is C19H29ClN4O. The number of anilines is 1. The van der Waals surface area contributed by atoms with E-state index in [2.05, 4.69) is 33.5 Å². The van der Waals surface area contributed by atoms with Gasteiger partial charge in [-0.3, -0.25) is 4.99 Å². The summed E-state index contributed by atoms with van der Waals surface area (Å²) in [7, 11) is 0. The van der Waals surface area contributed by atoms with E-state index in [1.165, 1.54) is 18.5 Å². The van der Waals surface area contributed by atoms with Crippen molar-refractivity contribution in [3.63, 3.8) is 0 Å². The maximum Gasteiger partial charge on any atom is 0.191 e. The smallest absolute Gasteiger partial charge is 0.191 e. The van der Waals surface area contributed by atoms with Gasteiger partial charge in [-0.15, -0.1) is 0 Å². The average molecular weight is 365 g/mol. The van der Waals surface area contributed by atoms with Crippen molar-refractivity contribution in [2.75, 3.05) is 44.3 Å². The molecule has 1 aliphatic heterocycles. The molecule has 6 heteroatoms. The number of nitrogens with one attached hydrogen (secondary N) is 2. The Morgan fingerprint density at radius 2 is 2.24 bits per heavy atom. The molecule has 1 atom stereocenters. The number of rotatable bonds is 8. The molecule has 1 aliphatic carbocycles. The first kappa shape index (κ1) is 18.3. The van der Waals surface area contributed by atoms with Crippen LogP contribution in [0.4, 0.5) is 5.69 Å². The fourth-order valence-corrected chi connectivity index (χ4v) is 3.24. The maximum atomic E-state index is 6.11. The van der Waals surface area contributed by atoms with Crippen LogP contribution in [0.3, 0.4) is 0 Å². The van der Waals surface area contributed by atoms with Crippen molar-refractivity contribution in [3.05, 3.63) is 29.3 Å². The van der Waals surface area contributed by atoms with Crippen molar-refractivity contribution in [1.29, 1.82) is 0 Å². The minimum atomic E-state index is 0.393. The Morgan fingerprint density at radius 3 is 3.00 bits per heavy atom. The molecule has 0 aromatic heterocycles. The van der Waals surface area contributed by atoms with Crippen molar-refractivity contribution in [3.8, 4) is 0 Å². The zero-order valence-electron chi connectivity index (χ0n) is 15.0. The van der Waals surface area contributed by atoms with Gasteiger partial charge in [-0.1, -0.05) is 17.7 Å². The zero-order valence-corrected chi connectivity index (χ0v) is 15.8. The topological polar surface area (TPSA) is 48.9 Å². The van der Waals surface area contributed by atoms with Crippen LogP contribution in [-0.2, 0) is 4.74 Å². The number of ether oxygens (including phenoxy) is 1. The monoisotopic (exact) mass is 364 g/mol. The van der Waals surface area contributed by atoms with E-state index in [1.54, 1.807) is 0 Å². The Balaban J connectivity index is 1.44. The molecule has 2 N–H and O–H groups in total. The first-order chi connectivity index (χ1) is 12.2. The summed E-state index contributed by atoms with van der Waals surface area (Å²) in [5, 5.41) is 7.67. The van der Waals surface area contributed by atoms with E-state index >= 15 is 0 Å². The maximum absolute atomic E-state index is 6.11. The van der Waals surface area contributed by atoms with E-state index in [0.29, 0.717) is 19.2 Å². The van der Waals surface area contributed by atoms with Gasteiger partial charge in [0, 0.05) is 43.0 Å². The van der Waals surface area contributed by atoms with Gasteiger partial charge in [-0.05, 0) is 50.3 Å². The largest absolute Gasteiger partial charge is 0.379 e. The quantitative estimate of drug-likeness (QED) is 0.423. The molecule has 2 aliphatic rings. The Bertz CT molecular complexity index is 576. The third-order valence-electron chi connectivity index (χ3n) is 4.60. The summed E-state index contributed by atoms with van der Waals surface area (Å²) in [6.07, 6.45) is 3.76. The Morgan fingerprint density at radius 1 is 1.36 bits per heavy atom. The normalized spacial score (nSPS) is 20.8. The van der Waals surface area contributed by atoms with Gasteiger partial charge < -0.3 is 20.3 Å². The lowest BCUT2D eigenvalue weighted by Crippen LogP contribution is -2.44. The van der Waals surface area contributed by atoms with Crippen molar-refractivity contribution in [2.45, 2.75) is 32.2 Å². The number of halogens is 1. The van der Waals surface area contributed by atoms with Crippen molar-refractivity contribution >= 4 is 23.2 Å². The molecule has 0 amide bonds. The second-order valence-electron chi connectivity index (χ2n) is 6.83. The van der Waals surface area contributed by atoms with Crippen LogP contribution >= 0.6 is 11.6 Å². The molecule has 25 heavy (non-hydrogen) atoms. The Hall–Kier alpha value is -1.46. The summed E-state index contributed by atoms with van der Waals surface area (Å²) in [6.45, 7) is 7.24. The number of hydrogen-bond acceptors (Lipinski definition) is 3. The number of nitrogens with zero attached hydrogens (tertiary/aromatic N) is 2. The molecule has 1 aromatic rings. The van der Waals surface area contributed by atoms with E-state index in [9.17, 15) is 0 Å². The molecule has 1 unspecified atom stereocenters. The number of aliphatic imine (C=N–C) groups is 1. The molecule has 5 nitrogen and oxygen atoms in total. The van der Waals surface area contributed by atoms with Crippen LogP contribution in [0.5, 0.6) is 0 Å². The van der Waals surface area contributed by atoms with Crippen molar-refractivity contribution < 1.29 is 4.74 Å². The fraction of sp³-hybridized carbons (Fsp3) is 0.632. The molecule has 3 rings (SSSR count). The van der Waals surface area contributed by atoms with Crippen LogP contribution in [0.25, 0.3) is 0 Å². The Kier molecular flexibility index (Phi) is 6.82. The van der Waals surface area contributed by atoms with Crippen LogP contribution in [0, 0.1) is 5.92 Å². The second kappa shape index (κ2) is 9.30. The summed E-state index contributed by atoms with van der Waals surface area (Å²) >= 11 is 6.11. The van der Waals surface area contributed by atoms with Gasteiger partial charge in [-0.2, -0.15) is 0 Å². The van der Waals surface area contributed by atoms with Crippen LogP contribution in [-0.4, -0.2) is 51.4 Å². The Labute approximate surface area is 155 Å². The zero-order chi connectivity index (χ0) is 17.5. The van der Waals surface area contributed by atoms with Gasteiger partial charge in [0.05, 0.1) is 13.2 Å². The molecule has 138 valence electrons. The molecule has 1 aromatic carbocycles. The summed E-state index contributed by atoms with van der Waals surface area (Å²) in [5.74, 6) is 1.70. The van der Waals surface area contributed by atoms with Crippen LogP contribution < -0.4 is 15.5 Å². The molecule has 1 saturated carbocycles. The van der Waals surface area contributed by atoms with Gasteiger partial charge >= 0.3 is 0 Å². The minimum Gasteiger partial charge on any atom is -0.379 e. The standard InChI is InChI=1S/C19H29ClN4O/c1-2-21-19(22-9-11-25-14-15-6-7-15)23-17-8-10-24(13-17)18-5-3-4-16(20)12-18/h3-5,12,15,17H,2,6-11,13-14H2,1H3,(H2,21,22,23). The SMILES string of the molecule is CCNC(=NCCOCC1CC1)NC1CCN(c2cccc(Cl)c2)C1. The summed E-state index contributed by atoms with van der Waals surface area (Å²) in [6, 6.07) is 8.46. The molecule has 1 saturated heterocycles. The fourth-order valence-electron chi connectivity index (χ4n) is 3.06. The molecule has 0 bridgehead atoms. The van der Waals surface area contributed by atoms with Crippen LogP contribution in [0.1, 0.15) is 26.2 Å². The predicted molar refractivity (Wildman–Crippen MR) is 105 cm³/mol. The summed E-state index contributed by atoms with van der Waals surface area (Å²) in [4.78, 5) is 7.00. The average Bonchev–Trinajstić information content (AvgIpc) is 3.31. The van der Waals surface area contributed by atoms with E-state index in [0.717, 1.165) is 49.6 Å². The van der Waals surface area contributed by atoms with Gasteiger partial charge in [0.25, 0.3) is 0 Å². The number of guanidine groups is 1. The van der Waals surface area contributed by atoms with Gasteiger partial charge in [0.15, 0.2) is 5.96 Å².